The lowest BCUT2D eigenvalue weighted by Gasteiger charge is -2.21. The maximum atomic E-state index is 13.2. The molecule has 0 bridgehead atoms. The van der Waals surface area contributed by atoms with Gasteiger partial charge in [-0.15, -0.1) is 0 Å². The van der Waals surface area contributed by atoms with Crippen LogP contribution >= 0.6 is 23.2 Å². The van der Waals surface area contributed by atoms with Crippen molar-refractivity contribution in [2.24, 2.45) is 0 Å². The molecule has 3 nitrogen and oxygen atoms in total. The van der Waals surface area contributed by atoms with Crippen LogP contribution in [0.15, 0.2) is 42.5 Å². The van der Waals surface area contributed by atoms with Crippen LogP contribution in [-0.2, 0) is 11.3 Å². The lowest BCUT2D eigenvalue weighted by atomic mass is 10.2. The van der Waals surface area contributed by atoms with Gasteiger partial charge >= 0.3 is 0 Å². The molecule has 0 aliphatic rings. The van der Waals surface area contributed by atoms with Gasteiger partial charge in [0.2, 0.25) is 0 Å². The molecular weight excluding hydrogens is 338 g/mol. The number of quaternary nitrogens is 1. The van der Waals surface area contributed by atoms with Crippen molar-refractivity contribution in [1.82, 2.24) is 0 Å². The molecular formula is C17H18Cl2FN2O+. The number of nitrogens with one attached hydrogen (secondary N) is 2. The van der Waals surface area contributed by atoms with E-state index < -0.39 is 0 Å². The highest BCUT2D eigenvalue weighted by molar-refractivity contribution is 6.35. The average molecular weight is 356 g/mol. The van der Waals surface area contributed by atoms with E-state index in [4.69, 9.17) is 23.2 Å². The summed E-state index contributed by atoms with van der Waals surface area (Å²) in [7, 11) is 1.88. The average Bonchev–Trinajstić information content (AvgIpc) is 2.50. The number of carbonyl (C=O) groups is 1. The molecule has 2 aromatic carbocycles. The predicted octanol–water partition coefficient (Wildman–Crippen LogP) is 3.17. The number of likely N-dealkylation sites (N-methyl/N-ethyl adjacent to an activating group) is 1. The topological polar surface area (TPSA) is 33.5 Å². The third kappa shape index (κ3) is 4.93. The van der Waals surface area contributed by atoms with Gasteiger partial charge in [-0.2, -0.15) is 0 Å². The standard InChI is InChI=1S/C17H17Cl2FN2O/c1-11(22(2)10-12-4-3-5-14(20)8-12)17(23)21-16-9-13(18)6-7-15(16)19/h3-9,11H,10H2,1-2H3,(H,21,23)/p+1/t11-/m1/s1. The minimum absolute atomic E-state index is 0.178. The van der Waals surface area contributed by atoms with Gasteiger partial charge in [0, 0.05) is 10.6 Å². The first-order valence-corrected chi connectivity index (χ1v) is 7.95. The quantitative estimate of drug-likeness (QED) is 0.848. The van der Waals surface area contributed by atoms with Gasteiger partial charge in [0.1, 0.15) is 12.4 Å². The summed E-state index contributed by atoms with van der Waals surface area (Å²) in [5, 5.41) is 3.71. The van der Waals surface area contributed by atoms with Crippen molar-refractivity contribution < 1.29 is 14.1 Å². The number of anilines is 1. The number of carbonyl (C=O) groups excluding carboxylic acids is 1. The van der Waals surface area contributed by atoms with Crippen molar-refractivity contribution in [1.29, 1.82) is 0 Å². The van der Waals surface area contributed by atoms with E-state index in [1.54, 1.807) is 24.3 Å². The Bertz CT molecular complexity index is 709. The van der Waals surface area contributed by atoms with Crippen LogP contribution in [0.5, 0.6) is 0 Å². The highest BCUT2D eigenvalue weighted by atomic mass is 35.5. The molecule has 6 heteroatoms. The molecule has 0 aliphatic carbocycles. The molecule has 23 heavy (non-hydrogen) atoms. The molecule has 1 unspecified atom stereocenters. The second-order valence-electron chi connectivity index (χ2n) is 5.49. The largest absolute Gasteiger partial charge is 0.324 e. The molecule has 1 amide bonds. The SMILES string of the molecule is C[C@H](C(=O)Nc1cc(Cl)ccc1Cl)[NH+](C)Cc1cccc(F)c1. The van der Waals surface area contributed by atoms with Gasteiger partial charge in [0.25, 0.3) is 5.91 Å². The predicted molar refractivity (Wildman–Crippen MR) is 91.5 cm³/mol. The van der Waals surface area contributed by atoms with E-state index in [1.807, 2.05) is 20.0 Å². The van der Waals surface area contributed by atoms with Crippen molar-refractivity contribution in [2.75, 3.05) is 12.4 Å². The third-order valence-electron chi connectivity index (χ3n) is 3.69. The van der Waals surface area contributed by atoms with Crippen LogP contribution in [0.4, 0.5) is 10.1 Å². The summed E-state index contributed by atoms with van der Waals surface area (Å²) in [4.78, 5) is 13.3. The Hall–Kier alpha value is -1.62. The van der Waals surface area contributed by atoms with Gasteiger partial charge in [-0.1, -0.05) is 35.3 Å². The van der Waals surface area contributed by atoms with Gasteiger partial charge < -0.3 is 10.2 Å². The minimum atomic E-state index is -0.340. The summed E-state index contributed by atoms with van der Waals surface area (Å²) >= 11 is 12.0. The molecule has 0 saturated carbocycles. The summed E-state index contributed by atoms with van der Waals surface area (Å²) in [6.45, 7) is 2.35. The molecule has 0 spiro atoms. The molecule has 2 rings (SSSR count). The Morgan fingerprint density at radius 2 is 2.00 bits per heavy atom. The van der Waals surface area contributed by atoms with Gasteiger partial charge in [-0.05, 0) is 37.3 Å². The number of rotatable bonds is 5. The van der Waals surface area contributed by atoms with Crippen LogP contribution in [0.3, 0.4) is 0 Å². The van der Waals surface area contributed by atoms with E-state index in [0.29, 0.717) is 22.3 Å². The third-order valence-corrected chi connectivity index (χ3v) is 4.26. The minimum Gasteiger partial charge on any atom is -0.324 e. The Kier molecular flexibility index (Phi) is 5.99. The fourth-order valence-corrected chi connectivity index (χ4v) is 2.52. The fraction of sp³-hybridized carbons (Fsp3) is 0.235. The zero-order chi connectivity index (χ0) is 17.0. The number of halogens is 3. The molecule has 0 saturated heterocycles. The van der Waals surface area contributed by atoms with Crippen LogP contribution < -0.4 is 10.2 Å². The smallest absolute Gasteiger partial charge is 0.282 e. The first-order chi connectivity index (χ1) is 10.9. The molecule has 0 heterocycles. The van der Waals surface area contributed by atoms with E-state index in [1.165, 1.54) is 12.1 Å². The summed E-state index contributed by atoms with van der Waals surface area (Å²) in [6.07, 6.45) is 0. The summed E-state index contributed by atoms with van der Waals surface area (Å²) < 4.78 is 13.2. The maximum Gasteiger partial charge on any atom is 0.282 e. The number of benzene rings is 2. The summed E-state index contributed by atoms with van der Waals surface area (Å²) in [6, 6.07) is 10.9. The number of hydrogen-bond acceptors (Lipinski definition) is 1. The first-order valence-electron chi connectivity index (χ1n) is 7.19. The van der Waals surface area contributed by atoms with E-state index in [-0.39, 0.29) is 17.8 Å². The van der Waals surface area contributed by atoms with Gasteiger partial charge in [-0.25, -0.2) is 4.39 Å². The van der Waals surface area contributed by atoms with Crippen molar-refractivity contribution in [3.63, 3.8) is 0 Å². The molecule has 2 aromatic rings. The second-order valence-corrected chi connectivity index (χ2v) is 6.33. The molecule has 0 aromatic heterocycles. The summed E-state index contributed by atoms with van der Waals surface area (Å²) in [5.41, 5.74) is 1.32. The van der Waals surface area contributed by atoms with Gasteiger partial charge in [-0.3, -0.25) is 4.79 Å². The van der Waals surface area contributed by atoms with Crippen LogP contribution in [-0.4, -0.2) is 19.0 Å². The fourth-order valence-electron chi connectivity index (χ4n) is 2.18. The van der Waals surface area contributed by atoms with E-state index in [9.17, 15) is 9.18 Å². The molecule has 2 N–H and O–H groups in total. The van der Waals surface area contributed by atoms with Crippen LogP contribution in [0.25, 0.3) is 0 Å². The summed E-state index contributed by atoms with van der Waals surface area (Å²) in [5.74, 6) is -0.457. The first kappa shape index (κ1) is 17.7. The highest BCUT2D eigenvalue weighted by Crippen LogP contribution is 2.25. The molecule has 122 valence electrons. The monoisotopic (exact) mass is 355 g/mol. The normalized spacial score (nSPS) is 13.4. The molecule has 2 atom stereocenters. The highest BCUT2D eigenvalue weighted by Gasteiger charge is 2.22. The molecule has 0 fully saturated rings. The van der Waals surface area contributed by atoms with Crippen molar-refractivity contribution >= 4 is 34.8 Å². The van der Waals surface area contributed by atoms with Gasteiger partial charge in [0.15, 0.2) is 6.04 Å². The molecule has 0 aliphatic heterocycles. The Morgan fingerprint density at radius 3 is 2.70 bits per heavy atom. The molecule has 0 radical (unpaired) electrons. The maximum absolute atomic E-state index is 13.2. The zero-order valence-corrected chi connectivity index (χ0v) is 14.4. The lowest BCUT2D eigenvalue weighted by Crippen LogP contribution is -3.12. The van der Waals surface area contributed by atoms with Gasteiger partial charge in [0.05, 0.1) is 17.8 Å². The Morgan fingerprint density at radius 1 is 1.26 bits per heavy atom. The van der Waals surface area contributed by atoms with Crippen molar-refractivity contribution in [3.05, 3.63) is 63.9 Å². The van der Waals surface area contributed by atoms with Crippen LogP contribution in [0.1, 0.15) is 12.5 Å². The van der Waals surface area contributed by atoms with E-state index in [2.05, 4.69) is 5.32 Å². The lowest BCUT2D eigenvalue weighted by molar-refractivity contribution is -0.907. The second kappa shape index (κ2) is 7.77. The van der Waals surface area contributed by atoms with Crippen LogP contribution in [0, 0.1) is 5.82 Å². The van der Waals surface area contributed by atoms with Crippen LogP contribution in [0.2, 0.25) is 10.0 Å². The number of amides is 1. The van der Waals surface area contributed by atoms with Crippen molar-refractivity contribution in [2.45, 2.75) is 19.5 Å². The zero-order valence-electron chi connectivity index (χ0n) is 12.9. The van der Waals surface area contributed by atoms with E-state index >= 15 is 0 Å². The number of hydrogen-bond donors (Lipinski definition) is 2. The van der Waals surface area contributed by atoms with Crippen molar-refractivity contribution in [3.8, 4) is 0 Å². The van der Waals surface area contributed by atoms with E-state index in [0.717, 1.165) is 10.5 Å². The Balaban J connectivity index is 2.02. The Labute approximate surface area is 145 Å².